The number of nitrogens with zero attached hydrogens (tertiary/aromatic N) is 9. The third-order valence-corrected chi connectivity index (χ3v) is 10.0. The van der Waals surface area contributed by atoms with Gasteiger partial charge in [-0.3, -0.25) is 19.3 Å². The molecule has 0 radical (unpaired) electrons. The molecule has 0 unspecified atom stereocenters. The second kappa shape index (κ2) is 13.0. The molecule has 3 fully saturated rings. The fourth-order valence-electron chi connectivity index (χ4n) is 7.37. The topological polar surface area (TPSA) is 116 Å². The predicted molar refractivity (Wildman–Crippen MR) is 185 cm³/mol. The molecule has 13 heteroatoms. The van der Waals surface area contributed by atoms with Gasteiger partial charge < -0.3 is 24.3 Å². The fraction of sp³-hybridized carbons (Fsp3) is 0.571. The number of likely N-dealkylation sites (tertiary alicyclic amines) is 1. The fourth-order valence-corrected chi connectivity index (χ4v) is 7.37. The molecule has 3 aromatic heterocycles. The summed E-state index contributed by atoms with van der Waals surface area (Å²) in [5, 5.41) is 8.85. The van der Waals surface area contributed by atoms with E-state index >= 15 is 0 Å². The summed E-state index contributed by atoms with van der Waals surface area (Å²) in [6.07, 6.45) is 9.80. The van der Waals surface area contributed by atoms with Crippen molar-refractivity contribution in [2.24, 2.45) is 13.0 Å². The van der Waals surface area contributed by atoms with Crippen molar-refractivity contribution in [3.05, 3.63) is 48.0 Å². The summed E-state index contributed by atoms with van der Waals surface area (Å²) in [4.78, 5) is 44.1. The largest absolute Gasteiger partial charge is 0.444 e. The Bertz CT molecular complexity index is 1790. The number of hydrogen-bond donors (Lipinski definition) is 1. The first-order chi connectivity index (χ1) is 23.0. The Morgan fingerprint density at radius 2 is 1.75 bits per heavy atom. The van der Waals surface area contributed by atoms with E-state index in [0.29, 0.717) is 36.4 Å². The number of hydrogen-bond acceptors (Lipinski definition) is 9. The minimum atomic E-state index is -0.472. The van der Waals surface area contributed by atoms with E-state index in [1.54, 1.807) is 6.20 Å². The van der Waals surface area contributed by atoms with Crippen molar-refractivity contribution in [3.8, 4) is 0 Å². The molecule has 2 amide bonds. The van der Waals surface area contributed by atoms with Gasteiger partial charge in [0.2, 0.25) is 0 Å². The summed E-state index contributed by atoms with van der Waals surface area (Å²) in [7, 11) is 4.09. The Labute approximate surface area is 281 Å². The highest BCUT2D eigenvalue weighted by Gasteiger charge is 2.29. The van der Waals surface area contributed by atoms with Crippen LogP contribution in [0.25, 0.3) is 16.6 Å². The maximum atomic E-state index is 13.4. The highest BCUT2D eigenvalue weighted by atomic mass is 16.6. The van der Waals surface area contributed by atoms with Crippen LogP contribution in [0.5, 0.6) is 0 Å². The Morgan fingerprint density at radius 1 is 0.979 bits per heavy atom. The number of amides is 2. The predicted octanol–water partition coefficient (Wildman–Crippen LogP) is 4.40. The van der Waals surface area contributed by atoms with Gasteiger partial charge in [-0.05, 0) is 84.2 Å². The molecular weight excluding hydrogens is 608 g/mol. The van der Waals surface area contributed by atoms with E-state index in [0.717, 1.165) is 86.6 Å². The third kappa shape index (κ3) is 6.84. The molecule has 0 aliphatic carbocycles. The summed E-state index contributed by atoms with van der Waals surface area (Å²) < 4.78 is 9.40. The van der Waals surface area contributed by atoms with E-state index in [4.69, 9.17) is 14.8 Å². The monoisotopic (exact) mass is 656 g/mol. The molecule has 48 heavy (non-hydrogen) atoms. The number of ether oxygens (including phenoxy) is 1. The van der Waals surface area contributed by atoms with Gasteiger partial charge in [0.15, 0.2) is 11.5 Å². The molecule has 1 aromatic carbocycles. The molecule has 1 atom stereocenters. The number of aryl methyl sites for hydroxylation is 1. The number of piperidine rings is 1. The number of imidazole rings is 1. The number of anilines is 2. The van der Waals surface area contributed by atoms with Gasteiger partial charge in [0.25, 0.3) is 5.91 Å². The molecule has 1 N–H and O–H groups in total. The molecule has 0 saturated carbocycles. The molecule has 0 spiro atoms. The molecule has 13 nitrogen and oxygen atoms in total. The Hall–Kier alpha value is -4.23. The molecule has 3 aliphatic heterocycles. The minimum absolute atomic E-state index is 0.208. The van der Waals surface area contributed by atoms with Gasteiger partial charge in [-0.1, -0.05) is 0 Å². The summed E-state index contributed by atoms with van der Waals surface area (Å²) in [5.74, 6) is 1.80. The van der Waals surface area contributed by atoms with Gasteiger partial charge in [0.05, 0.1) is 29.6 Å². The standard InChI is InChI=1S/C35H48N10O3/c1-35(2,3)48-34(47)44-17-15-42(16-18-44)21-24-10-13-43(14-11-24)32-26-19-25(8-9-28(26)41(5)39-32)33(46)38-30-23-45-22-27(37-31(45)20-36-30)29-7-6-12-40(29)4/h8-9,19-20,22-24,29H,6-7,10-18,21H2,1-5H3,(H,38,46)/t29-/m1/s1. The smallest absolute Gasteiger partial charge is 0.410 e. The summed E-state index contributed by atoms with van der Waals surface area (Å²) >= 11 is 0. The molecule has 4 aromatic rings. The highest BCUT2D eigenvalue weighted by molar-refractivity contribution is 6.07. The Kier molecular flexibility index (Phi) is 8.75. The van der Waals surface area contributed by atoms with E-state index in [9.17, 15) is 9.59 Å². The maximum absolute atomic E-state index is 13.4. The van der Waals surface area contributed by atoms with Crippen molar-refractivity contribution in [2.75, 3.05) is 69.6 Å². The van der Waals surface area contributed by atoms with Crippen LogP contribution >= 0.6 is 0 Å². The number of piperazine rings is 1. The normalized spacial score (nSPS) is 20.2. The number of carbonyl (C=O) groups is 2. The zero-order valence-corrected chi connectivity index (χ0v) is 28.9. The van der Waals surface area contributed by atoms with Crippen LogP contribution in [0.1, 0.15) is 68.5 Å². The van der Waals surface area contributed by atoms with Crippen LogP contribution in [0.3, 0.4) is 0 Å². The first-order valence-corrected chi connectivity index (χ1v) is 17.3. The minimum Gasteiger partial charge on any atom is -0.444 e. The summed E-state index contributed by atoms with van der Waals surface area (Å²) in [6, 6.07) is 6.10. The van der Waals surface area contributed by atoms with Gasteiger partial charge in [0, 0.05) is 70.0 Å². The van der Waals surface area contributed by atoms with Crippen LogP contribution in [0.4, 0.5) is 16.4 Å². The lowest BCUT2D eigenvalue weighted by Gasteiger charge is -2.39. The molecular formula is C35H48N10O3. The van der Waals surface area contributed by atoms with Gasteiger partial charge in [-0.15, -0.1) is 0 Å². The van der Waals surface area contributed by atoms with E-state index in [1.807, 2.05) is 72.4 Å². The average Bonchev–Trinajstić information content (AvgIpc) is 3.77. The second-order valence-electron chi connectivity index (χ2n) is 14.7. The molecule has 7 rings (SSSR count). The first kappa shape index (κ1) is 32.3. The van der Waals surface area contributed by atoms with Crippen LogP contribution in [-0.4, -0.2) is 116 Å². The SMILES string of the molecule is CN1CCC[C@@H]1c1cn2cc(NC(=O)c3ccc4c(c3)c(N3CCC(CN5CCN(C(=O)OC(C)(C)C)CC5)CC3)nn4C)ncc2n1. The van der Waals surface area contributed by atoms with Gasteiger partial charge in [-0.2, -0.15) is 5.10 Å². The van der Waals surface area contributed by atoms with E-state index in [2.05, 4.69) is 32.0 Å². The molecule has 0 bridgehead atoms. The number of carbonyl (C=O) groups excluding carboxylic acids is 2. The third-order valence-electron chi connectivity index (χ3n) is 10.0. The zero-order chi connectivity index (χ0) is 33.6. The summed E-state index contributed by atoms with van der Waals surface area (Å²) in [5.41, 5.74) is 2.90. The van der Waals surface area contributed by atoms with Crippen LogP contribution in [0.15, 0.2) is 36.8 Å². The molecule has 3 aliphatic rings. The van der Waals surface area contributed by atoms with Crippen molar-refractivity contribution in [1.29, 1.82) is 0 Å². The highest BCUT2D eigenvalue weighted by Crippen LogP contribution is 2.32. The lowest BCUT2D eigenvalue weighted by atomic mass is 9.95. The van der Waals surface area contributed by atoms with Crippen LogP contribution in [-0.2, 0) is 11.8 Å². The van der Waals surface area contributed by atoms with Crippen molar-refractivity contribution >= 4 is 40.2 Å². The summed E-state index contributed by atoms with van der Waals surface area (Å²) in [6.45, 7) is 12.8. The number of aromatic nitrogens is 5. The Morgan fingerprint density at radius 3 is 2.46 bits per heavy atom. The average molecular weight is 657 g/mol. The lowest BCUT2D eigenvalue weighted by Crippen LogP contribution is -2.51. The van der Waals surface area contributed by atoms with E-state index in [1.165, 1.54) is 6.42 Å². The molecule has 6 heterocycles. The van der Waals surface area contributed by atoms with Crippen molar-refractivity contribution in [2.45, 2.75) is 58.1 Å². The van der Waals surface area contributed by atoms with Crippen molar-refractivity contribution < 1.29 is 14.3 Å². The van der Waals surface area contributed by atoms with Gasteiger partial charge >= 0.3 is 6.09 Å². The number of benzene rings is 1. The van der Waals surface area contributed by atoms with Gasteiger partial charge in [-0.25, -0.2) is 14.8 Å². The number of rotatable bonds is 6. The Balaban J connectivity index is 0.966. The lowest BCUT2D eigenvalue weighted by molar-refractivity contribution is 0.0130. The van der Waals surface area contributed by atoms with E-state index < -0.39 is 5.60 Å². The van der Waals surface area contributed by atoms with Crippen LogP contribution < -0.4 is 10.2 Å². The quantitative estimate of drug-likeness (QED) is 0.322. The molecule has 256 valence electrons. The van der Waals surface area contributed by atoms with Gasteiger partial charge in [0.1, 0.15) is 11.4 Å². The zero-order valence-electron chi connectivity index (χ0n) is 28.9. The van der Waals surface area contributed by atoms with Crippen molar-refractivity contribution in [1.82, 2.24) is 38.8 Å². The van der Waals surface area contributed by atoms with Crippen molar-refractivity contribution in [3.63, 3.8) is 0 Å². The number of nitrogens with one attached hydrogen (secondary N) is 1. The van der Waals surface area contributed by atoms with Crippen LogP contribution in [0.2, 0.25) is 0 Å². The van der Waals surface area contributed by atoms with E-state index in [-0.39, 0.29) is 12.0 Å². The maximum Gasteiger partial charge on any atom is 0.410 e. The first-order valence-electron chi connectivity index (χ1n) is 17.3. The second-order valence-corrected chi connectivity index (χ2v) is 14.7. The molecule has 3 saturated heterocycles. The number of fused-ring (bicyclic) bond motifs is 2. The van der Waals surface area contributed by atoms with Crippen LogP contribution in [0, 0.1) is 5.92 Å².